The molecule has 1 aromatic carbocycles. The number of allylic oxidation sites excluding steroid dienone is 2. The van der Waals surface area contributed by atoms with E-state index in [1.165, 1.54) is 0 Å². The van der Waals surface area contributed by atoms with E-state index >= 15 is 0 Å². The molecule has 6 heteroatoms. The number of aliphatic hydroxyl groups excluding tert-OH is 1. The van der Waals surface area contributed by atoms with Gasteiger partial charge in [-0.15, -0.1) is 11.8 Å². The first-order valence-corrected chi connectivity index (χ1v) is 9.88. The molecule has 1 aromatic rings. The molecule has 2 rings (SSSR count). The Labute approximate surface area is 158 Å². The molecular weight excluding hydrogens is 348 g/mol. The minimum atomic E-state index is -0.282. The maximum atomic E-state index is 11.9. The molecule has 1 aliphatic rings. The van der Waals surface area contributed by atoms with Crippen LogP contribution >= 0.6 is 11.8 Å². The molecule has 3 N–H and O–H groups in total. The van der Waals surface area contributed by atoms with Gasteiger partial charge in [-0.1, -0.05) is 24.6 Å². The fourth-order valence-electron chi connectivity index (χ4n) is 2.64. The summed E-state index contributed by atoms with van der Waals surface area (Å²) in [5.41, 5.74) is 0.670. The highest BCUT2D eigenvalue weighted by Gasteiger charge is 2.16. The zero-order valence-electron chi connectivity index (χ0n) is 15.0. The Kier molecular flexibility index (Phi) is 8.28. The monoisotopic (exact) mass is 374 g/mol. The average molecular weight is 375 g/mol. The molecule has 0 heterocycles. The van der Waals surface area contributed by atoms with Crippen LogP contribution in [0.15, 0.2) is 53.1 Å². The third-order valence-electron chi connectivity index (χ3n) is 4.11. The minimum absolute atomic E-state index is 0.0174. The van der Waals surface area contributed by atoms with Crippen LogP contribution in [0.2, 0.25) is 0 Å². The van der Waals surface area contributed by atoms with Gasteiger partial charge in [-0.25, -0.2) is 0 Å². The molecule has 0 fully saturated rings. The Morgan fingerprint density at radius 2 is 2.12 bits per heavy atom. The predicted octanol–water partition coefficient (Wildman–Crippen LogP) is 3.59. The zero-order valence-corrected chi connectivity index (χ0v) is 15.8. The van der Waals surface area contributed by atoms with E-state index < -0.39 is 0 Å². The first-order valence-electron chi connectivity index (χ1n) is 8.90. The summed E-state index contributed by atoms with van der Waals surface area (Å²) in [6.07, 6.45) is 9.27. The van der Waals surface area contributed by atoms with Crippen molar-refractivity contribution >= 4 is 23.6 Å². The van der Waals surface area contributed by atoms with Gasteiger partial charge in [0.25, 0.3) is 5.91 Å². The maximum absolute atomic E-state index is 11.9. The number of carbonyl (C=O) groups is 2. The molecule has 0 bridgehead atoms. The van der Waals surface area contributed by atoms with Gasteiger partial charge in [-0.05, 0) is 49.3 Å². The Morgan fingerprint density at radius 1 is 1.27 bits per heavy atom. The highest BCUT2D eigenvalue weighted by atomic mass is 32.2. The lowest BCUT2D eigenvalue weighted by Crippen LogP contribution is -2.36. The van der Waals surface area contributed by atoms with E-state index in [0.29, 0.717) is 18.4 Å². The van der Waals surface area contributed by atoms with Gasteiger partial charge in [0.15, 0.2) is 0 Å². The van der Waals surface area contributed by atoms with Crippen molar-refractivity contribution in [2.75, 3.05) is 12.8 Å². The standard InChI is InChI=1S/C20H26N2O3S/c1-21-20(25)15-8-7-9-16(14-15)26-13-6-2-3-12-19(24)22-17-10-4-5-11-18(17)23/h4-5,7-9,11,14,17,23H,2-3,6,10,12-13H2,1H3,(H,21,25)(H,22,24). The Balaban J connectivity index is 1.59. The van der Waals surface area contributed by atoms with Gasteiger partial charge in [0, 0.05) is 23.9 Å². The van der Waals surface area contributed by atoms with Crippen LogP contribution in [0.5, 0.6) is 0 Å². The number of rotatable bonds is 9. The topological polar surface area (TPSA) is 78.4 Å². The van der Waals surface area contributed by atoms with E-state index in [9.17, 15) is 14.7 Å². The third kappa shape index (κ3) is 6.59. The molecule has 0 spiro atoms. The molecule has 5 nitrogen and oxygen atoms in total. The summed E-state index contributed by atoms with van der Waals surface area (Å²) < 4.78 is 0. The van der Waals surface area contributed by atoms with Crippen molar-refractivity contribution in [3.8, 4) is 0 Å². The number of unbranched alkanes of at least 4 members (excludes halogenated alkanes) is 2. The van der Waals surface area contributed by atoms with Crippen molar-refractivity contribution in [3.05, 3.63) is 53.8 Å². The van der Waals surface area contributed by atoms with Crippen LogP contribution in [0.25, 0.3) is 0 Å². The van der Waals surface area contributed by atoms with E-state index in [0.717, 1.165) is 29.9 Å². The Bertz CT molecular complexity index is 685. The molecular formula is C20H26N2O3S. The number of hydrogen-bond donors (Lipinski definition) is 3. The van der Waals surface area contributed by atoms with Crippen molar-refractivity contribution < 1.29 is 14.7 Å². The number of amides is 2. The summed E-state index contributed by atoms with van der Waals surface area (Å²) in [5, 5.41) is 15.2. The smallest absolute Gasteiger partial charge is 0.251 e. The number of carbonyl (C=O) groups excluding carboxylic acids is 2. The zero-order chi connectivity index (χ0) is 18.8. The van der Waals surface area contributed by atoms with E-state index in [1.807, 2.05) is 24.3 Å². The lowest BCUT2D eigenvalue weighted by atomic mass is 10.1. The summed E-state index contributed by atoms with van der Waals surface area (Å²) in [5.74, 6) is 1.08. The lowest BCUT2D eigenvalue weighted by Gasteiger charge is -2.18. The van der Waals surface area contributed by atoms with Crippen molar-refractivity contribution in [2.45, 2.75) is 43.0 Å². The normalized spacial score (nSPS) is 16.0. The maximum Gasteiger partial charge on any atom is 0.251 e. The van der Waals surface area contributed by atoms with Crippen LogP contribution in [0.4, 0.5) is 0 Å². The number of aliphatic hydroxyl groups is 1. The summed E-state index contributed by atoms with van der Waals surface area (Å²) in [6.45, 7) is 0. The molecule has 0 saturated heterocycles. The van der Waals surface area contributed by atoms with Crippen molar-refractivity contribution in [1.29, 1.82) is 0 Å². The van der Waals surface area contributed by atoms with E-state index in [4.69, 9.17) is 0 Å². The van der Waals surface area contributed by atoms with Gasteiger partial charge in [0.05, 0.1) is 6.04 Å². The molecule has 1 aliphatic carbocycles. The molecule has 26 heavy (non-hydrogen) atoms. The Morgan fingerprint density at radius 3 is 2.88 bits per heavy atom. The average Bonchev–Trinajstić information content (AvgIpc) is 2.66. The predicted molar refractivity (Wildman–Crippen MR) is 105 cm³/mol. The number of benzene rings is 1. The quantitative estimate of drug-likeness (QED) is 0.456. The molecule has 140 valence electrons. The van der Waals surface area contributed by atoms with E-state index in [2.05, 4.69) is 10.6 Å². The van der Waals surface area contributed by atoms with Crippen LogP contribution in [0.1, 0.15) is 42.5 Å². The number of hydrogen-bond acceptors (Lipinski definition) is 4. The number of thioether (sulfide) groups is 1. The molecule has 2 amide bonds. The summed E-state index contributed by atoms with van der Waals surface area (Å²) in [7, 11) is 1.63. The molecule has 0 aliphatic heterocycles. The summed E-state index contributed by atoms with van der Waals surface area (Å²) in [6, 6.07) is 7.31. The second-order valence-electron chi connectivity index (χ2n) is 6.14. The summed E-state index contributed by atoms with van der Waals surface area (Å²) in [4.78, 5) is 24.6. The van der Waals surface area contributed by atoms with Gasteiger partial charge >= 0.3 is 0 Å². The first-order chi connectivity index (χ1) is 12.6. The van der Waals surface area contributed by atoms with E-state index in [-0.39, 0.29) is 23.6 Å². The Hall–Kier alpha value is -2.21. The van der Waals surface area contributed by atoms with Crippen molar-refractivity contribution in [3.63, 3.8) is 0 Å². The number of nitrogens with one attached hydrogen (secondary N) is 2. The van der Waals surface area contributed by atoms with Crippen LogP contribution < -0.4 is 10.6 Å². The van der Waals surface area contributed by atoms with Gasteiger partial charge in [-0.2, -0.15) is 0 Å². The molecule has 0 aromatic heterocycles. The minimum Gasteiger partial charge on any atom is -0.510 e. The van der Waals surface area contributed by atoms with Crippen molar-refractivity contribution in [1.82, 2.24) is 10.6 Å². The lowest BCUT2D eigenvalue weighted by molar-refractivity contribution is -0.121. The van der Waals surface area contributed by atoms with Gasteiger partial charge in [0.2, 0.25) is 5.91 Å². The first kappa shape index (κ1) is 20.1. The molecule has 0 radical (unpaired) electrons. The summed E-state index contributed by atoms with van der Waals surface area (Å²) >= 11 is 1.72. The second-order valence-corrected chi connectivity index (χ2v) is 7.31. The van der Waals surface area contributed by atoms with Crippen LogP contribution in [-0.4, -0.2) is 35.8 Å². The van der Waals surface area contributed by atoms with E-state index in [1.54, 1.807) is 37.0 Å². The fourth-order valence-corrected chi connectivity index (χ4v) is 3.61. The van der Waals surface area contributed by atoms with Crippen molar-refractivity contribution in [2.24, 2.45) is 0 Å². The molecule has 1 atom stereocenters. The van der Waals surface area contributed by atoms with Gasteiger partial charge < -0.3 is 15.7 Å². The second kappa shape index (κ2) is 10.7. The third-order valence-corrected chi connectivity index (χ3v) is 5.19. The van der Waals surface area contributed by atoms with Gasteiger partial charge in [-0.3, -0.25) is 9.59 Å². The van der Waals surface area contributed by atoms with Crippen LogP contribution in [0.3, 0.4) is 0 Å². The fraction of sp³-hybridized carbons (Fsp3) is 0.400. The molecule has 1 unspecified atom stereocenters. The van der Waals surface area contributed by atoms with Crippen LogP contribution in [-0.2, 0) is 4.79 Å². The highest BCUT2D eigenvalue weighted by Crippen LogP contribution is 2.21. The highest BCUT2D eigenvalue weighted by molar-refractivity contribution is 7.99. The van der Waals surface area contributed by atoms with Crippen LogP contribution in [0, 0.1) is 0 Å². The largest absolute Gasteiger partial charge is 0.510 e. The van der Waals surface area contributed by atoms with Gasteiger partial charge in [0.1, 0.15) is 5.76 Å². The molecule has 0 saturated carbocycles. The SMILES string of the molecule is CNC(=O)c1cccc(SCCCCCC(=O)NC2CC=CC=C2O)c1.